The lowest BCUT2D eigenvalue weighted by molar-refractivity contribution is 0.302. The Bertz CT molecular complexity index is 585. The van der Waals surface area contributed by atoms with E-state index in [0.29, 0.717) is 19.1 Å². The molecule has 0 aliphatic rings. The first-order valence-electron chi connectivity index (χ1n) is 7.03. The Kier molecular flexibility index (Phi) is 4.50. The third-order valence-electron chi connectivity index (χ3n) is 3.53. The molecule has 3 nitrogen and oxygen atoms in total. The van der Waals surface area contributed by atoms with Crippen molar-refractivity contribution in [3.8, 4) is 5.75 Å². The van der Waals surface area contributed by atoms with Crippen LogP contribution in [0.1, 0.15) is 48.0 Å². The van der Waals surface area contributed by atoms with Gasteiger partial charge in [0.2, 0.25) is 0 Å². The largest absolute Gasteiger partial charge is 0.489 e. The fourth-order valence-corrected chi connectivity index (χ4v) is 2.38. The minimum atomic E-state index is 0.420. The molecule has 2 rings (SSSR count). The van der Waals surface area contributed by atoms with E-state index in [9.17, 15) is 0 Å². The van der Waals surface area contributed by atoms with Crippen molar-refractivity contribution in [1.29, 1.82) is 0 Å². The van der Waals surface area contributed by atoms with Crippen LogP contribution in [0.15, 0.2) is 28.7 Å². The van der Waals surface area contributed by atoms with Crippen molar-refractivity contribution in [1.82, 2.24) is 0 Å². The molecule has 2 aromatic rings. The summed E-state index contributed by atoms with van der Waals surface area (Å²) in [4.78, 5) is 0. The number of benzene rings is 1. The number of ether oxygens (including phenoxy) is 1. The fraction of sp³-hybridized carbons (Fsp3) is 0.412. The van der Waals surface area contributed by atoms with Crippen LogP contribution < -0.4 is 10.5 Å². The fourth-order valence-electron chi connectivity index (χ4n) is 2.38. The molecule has 0 unspecified atom stereocenters. The van der Waals surface area contributed by atoms with Crippen molar-refractivity contribution < 1.29 is 9.15 Å². The van der Waals surface area contributed by atoms with Gasteiger partial charge in [-0.25, -0.2) is 0 Å². The van der Waals surface area contributed by atoms with E-state index in [1.807, 2.05) is 19.1 Å². The first-order valence-corrected chi connectivity index (χ1v) is 7.03. The van der Waals surface area contributed by atoms with Crippen LogP contribution in [0, 0.1) is 13.8 Å². The SMILES string of the molecule is Cc1cc(OCc2cc(CN)oc2C)ccc1C(C)C. The van der Waals surface area contributed by atoms with Gasteiger partial charge in [-0.15, -0.1) is 0 Å². The zero-order chi connectivity index (χ0) is 14.7. The van der Waals surface area contributed by atoms with Gasteiger partial charge in [0.05, 0.1) is 6.54 Å². The standard InChI is InChI=1S/C17H23NO2/c1-11(2)17-6-5-15(7-12(17)3)19-10-14-8-16(9-18)20-13(14)4/h5-8,11H,9-10,18H2,1-4H3. The monoisotopic (exact) mass is 273 g/mol. The van der Waals surface area contributed by atoms with Crippen molar-refractivity contribution in [2.45, 2.75) is 46.8 Å². The van der Waals surface area contributed by atoms with Gasteiger partial charge in [-0.3, -0.25) is 0 Å². The van der Waals surface area contributed by atoms with E-state index in [2.05, 4.69) is 32.9 Å². The topological polar surface area (TPSA) is 48.4 Å². The Labute approximate surface area is 120 Å². The second kappa shape index (κ2) is 6.14. The van der Waals surface area contributed by atoms with E-state index in [0.717, 1.165) is 22.8 Å². The summed E-state index contributed by atoms with van der Waals surface area (Å²) in [6.07, 6.45) is 0. The molecule has 1 heterocycles. The molecule has 2 N–H and O–H groups in total. The summed E-state index contributed by atoms with van der Waals surface area (Å²) in [5, 5.41) is 0. The summed E-state index contributed by atoms with van der Waals surface area (Å²) >= 11 is 0. The molecule has 0 aliphatic carbocycles. The maximum atomic E-state index is 5.85. The molecule has 108 valence electrons. The Balaban J connectivity index is 2.07. The number of aryl methyl sites for hydroxylation is 2. The highest BCUT2D eigenvalue weighted by molar-refractivity contribution is 5.36. The van der Waals surface area contributed by atoms with Gasteiger partial charge in [-0.1, -0.05) is 19.9 Å². The van der Waals surface area contributed by atoms with Crippen LogP contribution in [0.2, 0.25) is 0 Å². The van der Waals surface area contributed by atoms with E-state index in [1.165, 1.54) is 11.1 Å². The van der Waals surface area contributed by atoms with E-state index in [1.54, 1.807) is 0 Å². The average Bonchev–Trinajstić information content (AvgIpc) is 2.76. The highest BCUT2D eigenvalue weighted by atomic mass is 16.5. The van der Waals surface area contributed by atoms with E-state index >= 15 is 0 Å². The van der Waals surface area contributed by atoms with Gasteiger partial charge >= 0.3 is 0 Å². The number of furan rings is 1. The molecule has 0 amide bonds. The predicted octanol–water partition coefficient (Wildman–Crippen LogP) is 4.06. The van der Waals surface area contributed by atoms with Gasteiger partial charge in [-0.05, 0) is 49.1 Å². The van der Waals surface area contributed by atoms with Crippen molar-refractivity contribution in [2.75, 3.05) is 0 Å². The lowest BCUT2D eigenvalue weighted by atomic mass is 9.98. The maximum Gasteiger partial charge on any atom is 0.120 e. The average molecular weight is 273 g/mol. The van der Waals surface area contributed by atoms with E-state index < -0.39 is 0 Å². The molecule has 1 aromatic heterocycles. The lowest BCUT2D eigenvalue weighted by Crippen LogP contribution is -1.98. The minimum Gasteiger partial charge on any atom is -0.489 e. The van der Waals surface area contributed by atoms with Gasteiger partial charge in [0.25, 0.3) is 0 Å². The smallest absolute Gasteiger partial charge is 0.120 e. The molecule has 0 bridgehead atoms. The third-order valence-corrected chi connectivity index (χ3v) is 3.53. The normalized spacial score (nSPS) is 11.1. The molecule has 0 aliphatic heterocycles. The van der Waals surface area contributed by atoms with Crippen LogP contribution in [0.4, 0.5) is 0 Å². The first-order chi connectivity index (χ1) is 9.51. The van der Waals surface area contributed by atoms with Gasteiger partial charge in [0.15, 0.2) is 0 Å². The van der Waals surface area contributed by atoms with E-state index in [4.69, 9.17) is 14.9 Å². The van der Waals surface area contributed by atoms with Crippen LogP contribution in [0.3, 0.4) is 0 Å². The zero-order valence-electron chi connectivity index (χ0n) is 12.7. The quantitative estimate of drug-likeness (QED) is 0.893. The molecule has 20 heavy (non-hydrogen) atoms. The maximum absolute atomic E-state index is 5.85. The summed E-state index contributed by atoms with van der Waals surface area (Å²) in [6, 6.07) is 8.23. The number of hydrogen-bond acceptors (Lipinski definition) is 3. The van der Waals surface area contributed by atoms with Crippen molar-refractivity contribution in [3.05, 3.63) is 52.5 Å². The number of nitrogens with two attached hydrogens (primary N) is 1. The van der Waals surface area contributed by atoms with Crippen LogP contribution in [0.25, 0.3) is 0 Å². The first kappa shape index (κ1) is 14.7. The number of rotatable bonds is 5. The Morgan fingerprint density at radius 1 is 1.20 bits per heavy atom. The molecular formula is C17H23NO2. The van der Waals surface area contributed by atoms with Crippen molar-refractivity contribution >= 4 is 0 Å². The summed E-state index contributed by atoms with van der Waals surface area (Å²) < 4.78 is 11.4. The molecule has 3 heteroatoms. The number of hydrogen-bond donors (Lipinski definition) is 1. The van der Waals surface area contributed by atoms with Crippen molar-refractivity contribution in [3.63, 3.8) is 0 Å². The Morgan fingerprint density at radius 2 is 1.95 bits per heavy atom. The molecule has 0 spiro atoms. The Morgan fingerprint density at radius 3 is 2.50 bits per heavy atom. The lowest BCUT2D eigenvalue weighted by Gasteiger charge is -2.12. The van der Waals surface area contributed by atoms with Gasteiger partial charge in [0, 0.05) is 5.56 Å². The molecule has 0 saturated heterocycles. The second-order valence-corrected chi connectivity index (χ2v) is 5.46. The summed E-state index contributed by atoms with van der Waals surface area (Å²) in [7, 11) is 0. The van der Waals surface area contributed by atoms with Crippen LogP contribution in [-0.4, -0.2) is 0 Å². The molecule has 0 atom stereocenters. The summed E-state index contributed by atoms with van der Waals surface area (Å²) in [5.41, 5.74) is 9.25. The highest BCUT2D eigenvalue weighted by Gasteiger charge is 2.08. The predicted molar refractivity (Wildman–Crippen MR) is 80.9 cm³/mol. The van der Waals surface area contributed by atoms with Gasteiger partial charge in [-0.2, -0.15) is 0 Å². The third kappa shape index (κ3) is 3.23. The second-order valence-electron chi connectivity index (χ2n) is 5.46. The van der Waals surface area contributed by atoms with Crippen LogP contribution >= 0.6 is 0 Å². The molecule has 0 fully saturated rings. The van der Waals surface area contributed by atoms with E-state index in [-0.39, 0.29) is 0 Å². The highest BCUT2D eigenvalue weighted by Crippen LogP contribution is 2.24. The molecule has 1 aromatic carbocycles. The summed E-state index contributed by atoms with van der Waals surface area (Å²) in [5.74, 6) is 3.10. The Hall–Kier alpha value is -1.74. The van der Waals surface area contributed by atoms with Gasteiger partial charge < -0.3 is 14.9 Å². The van der Waals surface area contributed by atoms with Crippen molar-refractivity contribution in [2.24, 2.45) is 5.73 Å². The molecular weight excluding hydrogens is 250 g/mol. The molecule has 0 radical (unpaired) electrons. The zero-order valence-corrected chi connectivity index (χ0v) is 12.7. The van der Waals surface area contributed by atoms with Gasteiger partial charge in [0.1, 0.15) is 23.9 Å². The van der Waals surface area contributed by atoms with Crippen LogP contribution in [-0.2, 0) is 13.2 Å². The minimum absolute atomic E-state index is 0.420. The summed E-state index contributed by atoms with van der Waals surface area (Å²) in [6.45, 7) is 9.39. The molecule has 0 saturated carbocycles. The van der Waals surface area contributed by atoms with Crippen LogP contribution in [0.5, 0.6) is 5.75 Å².